The third-order valence-corrected chi connectivity index (χ3v) is 4.18. The standard InChI is InChI=1S/C14H27NO/c1-3-16-10-13-8-11(2)4-5-12(13)9-15-14-6-7-14/h11-15H,3-10H2,1-2H3. The Hall–Kier alpha value is -0.0800. The van der Waals surface area contributed by atoms with Gasteiger partial charge in [-0.3, -0.25) is 0 Å². The minimum absolute atomic E-state index is 0.801. The van der Waals surface area contributed by atoms with E-state index in [2.05, 4.69) is 19.2 Å². The molecule has 2 aliphatic carbocycles. The second-order valence-electron chi connectivity index (χ2n) is 5.78. The number of nitrogens with one attached hydrogen (secondary N) is 1. The van der Waals surface area contributed by atoms with E-state index in [0.29, 0.717) is 0 Å². The van der Waals surface area contributed by atoms with Crippen LogP contribution >= 0.6 is 0 Å². The van der Waals surface area contributed by atoms with Crippen molar-refractivity contribution in [3.63, 3.8) is 0 Å². The van der Waals surface area contributed by atoms with Crippen molar-refractivity contribution < 1.29 is 4.74 Å². The van der Waals surface area contributed by atoms with Gasteiger partial charge < -0.3 is 10.1 Å². The summed E-state index contributed by atoms with van der Waals surface area (Å²) in [6, 6.07) is 0.854. The zero-order valence-corrected chi connectivity index (χ0v) is 10.9. The highest BCUT2D eigenvalue weighted by Gasteiger charge is 2.30. The number of hydrogen-bond donors (Lipinski definition) is 1. The van der Waals surface area contributed by atoms with E-state index in [1.54, 1.807) is 0 Å². The molecule has 2 fully saturated rings. The summed E-state index contributed by atoms with van der Waals surface area (Å²) in [6.45, 7) is 7.58. The van der Waals surface area contributed by atoms with Crippen LogP contribution in [0.4, 0.5) is 0 Å². The van der Waals surface area contributed by atoms with Gasteiger partial charge in [-0.2, -0.15) is 0 Å². The number of rotatable bonds is 6. The minimum Gasteiger partial charge on any atom is -0.381 e. The van der Waals surface area contributed by atoms with Crippen LogP contribution in [0.15, 0.2) is 0 Å². The fourth-order valence-electron chi connectivity index (χ4n) is 2.91. The molecule has 3 atom stereocenters. The summed E-state index contributed by atoms with van der Waals surface area (Å²) >= 11 is 0. The number of hydrogen-bond acceptors (Lipinski definition) is 2. The Kier molecular flexibility index (Phi) is 4.66. The van der Waals surface area contributed by atoms with Crippen LogP contribution < -0.4 is 5.32 Å². The predicted molar refractivity (Wildman–Crippen MR) is 67.5 cm³/mol. The van der Waals surface area contributed by atoms with Crippen molar-refractivity contribution in [2.45, 2.75) is 52.0 Å². The van der Waals surface area contributed by atoms with Crippen LogP contribution in [-0.2, 0) is 4.74 Å². The lowest BCUT2D eigenvalue weighted by molar-refractivity contribution is 0.0533. The van der Waals surface area contributed by atoms with E-state index < -0.39 is 0 Å². The summed E-state index contributed by atoms with van der Waals surface area (Å²) in [6.07, 6.45) is 6.99. The molecule has 0 aliphatic heterocycles. The maximum atomic E-state index is 5.65. The lowest BCUT2D eigenvalue weighted by atomic mass is 9.75. The molecule has 0 amide bonds. The van der Waals surface area contributed by atoms with Gasteiger partial charge in [-0.25, -0.2) is 0 Å². The van der Waals surface area contributed by atoms with E-state index >= 15 is 0 Å². The summed E-state index contributed by atoms with van der Waals surface area (Å²) in [5, 5.41) is 3.69. The third-order valence-electron chi connectivity index (χ3n) is 4.18. The van der Waals surface area contributed by atoms with E-state index in [4.69, 9.17) is 4.74 Å². The van der Waals surface area contributed by atoms with Crippen LogP contribution in [0.2, 0.25) is 0 Å². The quantitative estimate of drug-likeness (QED) is 0.750. The van der Waals surface area contributed by atoms with E-state index in [-0.39, 0.29) is 0 Å². The lowest BCUT2D eigenvalue weighted by Crippen LogP contribution is -2.35. The van der Waals surface area contributed by atoms with Crippen LogP contribution in [-0.4, -0.2) is 25.8 Å². The van der Waals surface area contributed by atoms with Gasteiger partial charge >= 0.3 is 0 Å². The van der Waals surface area contributed by atoms with Crippen LogP contribution in [0, 0.1) is 17.8 Å². The van der Waals surface area contributed by atoms with Crippen molar-refractivity contribution in [3.05, 3.63) is 0 Å². The SMILES string of the molecule is CCOCC1CC(C)CCC1CNC1CC1. The van der Waals surface area contributed by atoms with Crippen LogP contribution in [0.25, 0.3) is 0 Å². The van der Waals surface area contributed by atoms with Crippen molar-refractivity contribution in [1.29, 1.82) is 0 Å². The molecule has 1 N–H and O–H groups in total. The number of ether oxygens (including phenoxy) is 1. The molecule has 2 aliphatic rings. The summed E-state index contributed by atoms with van der Waals surface area (Å²) in [7, 11) is 0. The molecule has 0 radical (unpaired) electrons. The predicted octanol–water partition coefficient (Wildman–Crippen LogP) is 2.83. The highest BCUT2D eigenvalue weighted by molar-refractivity contribution is 4.85. The molecule has 2 heteroatoms. The Morgan fingerprint density at radius 2 is 1.94 bits per heavy atom. The van der Waals surface area contributed by atoms with Crippen molar-refractivity contribution >= 4 is 0 Å². The van der Waals surface area contributed by atoms with Gasteiger partial charge in [0.05, 0.1) is 0 Å². The van der Waals surface area contributed by atoms with Gasteiger partial charge in [0.1, 0.15) is 0 Å². The Morgan fingerprint density at radius 3 is 2.62 bits per heavy atom. The maximum Gasteiger partial charge on any atom is 0.0497 e. The molecule has 0 bridgehead atoms. The normalized spacial score (nSPS) is 35.2. The Balaban J connectivity index is 1.75. The van der Waals surface area contributed by atoms with E-state index in [9.17, 15) is 0 Å². The first-order valence-corrected chi connectivity index (χ1v) is 7.10. The van der Waals surface area contributed by atoms with Crippen LogP contribution in [0.1, 0.15) is 46.0 Å². The van der Waals surface area contributed by atoms with Crippen LogP contribution in [0.3, 0.4) is 0 Å². The second kappa shape index (κ2) is 6.02. The summed E-state index contributed by atoms with van der Waals surface area (Å²) < 4.78 is 5.65. The minimum atomic E-state index is 0.801. The molecule has 16 heavy (non-hydrogen) atoms. The summed E-state index contributed by atoms with van der Waals surface area (Å²) in [5.74, 6) is 2.57. The van der Waals surface area contributed by atoms with Gasteiger partial charge in [-0.05, 0) is 56.9 Å². The fraction of sp³-hybridized carbons (Fsp3) is 1.00. The van der Waals surface area contributed by atoms with Gasteiger partial charge in [0.15, 0.2) is 0 Å². The van der Waals surface area contributed by atoms with Crippen molar-refractivity contribution in [1.82, 2.24) is 5.32 Å². The molecule has 0 heterocycles. The first kappa shape index (κ1) is 12.4. The summed E-state index contributed by atoms with van der Waals surface area (Å²) in [5.41, 5.74) is 0. The molecule has 0 saturated heterocycles. The van der Waals surface area contributed by atoms with Crippen molar-refractivity contribution in [3.8, 4) is 0 Å². The molecular weight excluding hydrogens is 198 g/mol. The largest absolute Gasteiger partial charge is 0.381 e. The Bertz CT molecular complexity index is 203. The first-order chi connectivity index (χ1) is 7.79. The monoisotopic (exact) mass is 225 g/mol. The maximum absolute atomic E-state index is 5.65. The topological polar surface area (TPSA) is 21.3 Å². The molecule has 0 spiro atoms. The molecule has 2 saturated carbocycles. The van der Waals surface area contributed by atoms with E-state index in [1.165, 1.54) is 38.6 Å². The average Bonchev–Trinajstić information content (AvgIpc) is 3.09. The molecule has 0 aromatic heterocycles. The third kappa shape index (κ3) is 3.74. The Morgan fingerprint density at radius 1 is 1.12 bits per heavy atom. The van der Waals surface area contributed by atoms with Gasteiger partial charge in [0, 0.05) is 19.3 Å². The molecule has 2 rings (SSSR count). The zero-order chi connectivity index (χ0) is 11.4. The van der Waals surface area contributed by atoms with Gasteiger partial charge in [0.25, 0.3) is 0 Å². The highest BCUT2D eigenvalue weighted by atomic mass is 16.5. The molecule has 0 aromatic rings. The molecular formula is C14H27NO. The van der Waals surface area contributed by atoms with E-state index in [1.807, 2.05) is 0 Å². The summed E-state index contributed by atoms with van der Waals surface area (Å²) in [4.78, 5) is 0. The average molecular weight is 225 g/mol. The van der Waals surface area contributed by atoms with Crippen LogP contribution in [0.5, 0.6) is 0 Å². The fourth-order valence-corrected chi connectivity index (χ4v) is 2.91. The van der Waals surface area contributed by atoms with Gasteiger partial charge in [-0.15, -0.1) is 0 Å². The molecule has 0 aromatic carbocycles. The molecule has 94 valence electrons. The smallest absolute Gasteiger partial charge is 0.0497 e. The molecule has 2 nitrogen and oxygen atoms in total. The second-order valence-corrected chi connectivity index (χ2v) is 5.78. The molecule has 3 unspecified atom stereocenters. The highest BCUT2D eigenvalue weighted by Crippen LogP contribution is 2.34. The van der Waals surface area contributed by atoms with Gasteiger partial charge in [-0.1, -0.05) is 13.3 Å². The van der Waals surface area contributed by atoms with Crippen molar-refractivity contribution in [2.75, 3.05) is 19.8 Å². The van der Waals surface area contributed by atoms with E-state index in [0.717, 1.165) is 37.0 Å². The van der Waals surface area contributed by atoms with Crippen molar-refractivity contribution in [2.24, 2.45) is 17.8 Å². The van der Waals surface area contributed by atoms with Gasteiger partial charge in [0.2, 0.25) is 0 Å². The first-order valence-electron chi connectivity index (χ1n) is 7.10. The lowest BCUT2D eigenvalue weighted by Gasteiger charge is -2.35. The zero-order valence-electron chi connectivity index (χ0n) is 10.9. The Labute approximate surface area is 100 Å².